The van der Waals surface area contributed by atoms with Crippen molar-refractivity contribution in [1.29, 1.82) is 0 Å². The van der Waals surface area contributed by atoms with E-state index < -0.39 is 0 Å². The first-order valence-electron chi connectivity index (χ1n) is 8.49. The Kier molecular flexibility index (Phi) is 6.00. The third-order valence-corrected chi connectivity index (χ3v) is 4.72. The van der Waals surface area contributed by atoms with E-state index in [9.17, 15) is 0 Å². The van der Waals surface area contributed by atoms with Crippen LogP contribution in [0.5, 0.6) is 0 Å². The van der Waals surface area contributed by atoms with Crippen molar-refractivity contribution in [2.75, 3.05) is 0 Å². The highest BCUT2D eigenvalue weighted by Crippen LogP contribution is 2.31. The molecule has 0 fully saturated rings. The Labute approximate surface area is 119 Å². The van der Waals surface area contributed by atoms with E-state index in [2.05, 4.69) is 37.0 Å². The molecule has 0 saturated heterocycles. The Morgan fingerprint density at radius 1 is 1.21 bits per heavy atom. The summed E-state index contributed by atoms with van der Waals surface area (Å²) >= 11 is 0. The largest absolute Gasteiger partial charge is 0.369 e. The van der Waals surface area contributed by atoms with Gasteiger partial charge >= 0.3 is 0 Å². The van der Waals surface area contributed by atoms with Crippen molar-refractivity contribution in [3.8, 4) is 0 Å². The molecule has 0 aromatic carbocycles. The molecule has 2 aliphatic carbocycles. The Hall–Kier alpha value is -0.720. The monoisotopic (exact) mass is 261 g/mol. The molecule has 1 nitrogen and oxygen atoms in total. The number of nitrogens with zero attached hydrogens (tertiary/aromatic N) is 1. The minimum Gasteiger partial charge on any atom is -0.369 e. The van der Waals surface area contributed by atoms with Gasteiger partial charge in [-0.3, -0.25) is 0 Å². The van der Waals surface area contributed by atoms with Crippen LogP contribution in [-0.2, 0) is 0 Å². The summed E-state index contributed by atoms with van der Waals surface area (Å²) in [6.07, 6.45) is 20.6. The molecule has 108 valence electrons. The van der Waals surface area contributed by atoms with Crippen molar-refractivity contribution >= 4 is 0 Å². The normalized spacial score (nSPS) is 24.9. The van der Waals surface area contributed by atoms with Crippen LogP contribution in [0.4, 0.5) is 0 Å². The molecule has 0 radical (unpaired) electrons. The molecule has 19 heavy (non-hydrogen) atoms. The van der Waals surface area contributed by atoms with E-state index >= 15 is 0 Å². The third kappa shape index (κ3) is 3.87. The summed E-state index contributed by atoms with van der Waals surface area (Å²) in [6, 6.07) is 1.54. The second-order valence-corrected chi connectivity index (χ2v) is 6.14. The van der Waals surface area contributed by atoms with E-state index in [-0.39, 0.29) is 0 Å². The van der Waals surface area contributed by atoms with Crippen molar-refractivity contribution in [2.24, 2.45) is 0 Å². The standard InChI is InChI=1S/C18H31N/c1-3-11-16(4-2)19(17-12-7-5-8-13-17)18-14-9-6-10-15-18/h5,7,14,16-17H,3-4,6,8-13,15H2,1-2H3. The summed E-state index contributed by atoms with van der Waals surface area (Å²) < 4.78 is 0. The predicted octanol–water partition coefficient (Wildman–Crippen LogP) is 5.43. The van der Waals surface area contributed by atoms with Gasteiger partial charge in [-0.15, -0.1) is 0 Å². The lowest BCUT2D eigenvalue weighted by atomic mass is 9.93. The number of allylic oxidation sites excluding steroid dienone is 3. The quantitative estimate of drug-likeness (QED) is 0.576. The number of rotatable bonds is 6. The topological polar surface area (TPSA) is 3.24 Å². The van der Waals surface area contributed by atoms with Crippen molar-refractivity contribution in [1.82, 2.24) is 4.90 Å². The molecule has 2 unspecified atom stereocenters. The van der Waals surface area contributed by atoms with Crippen LogP contribution in [0.2, 0.25) is 0 Å². The summed E-state index contributed by atoms with van der Waals surface area (Å²) in [5.74, 6) is 0. The molecule has 0 amide bonds. The molecular formula is C18H31N. The molecule has 0 N–H and O–H groups in total. The van der Waals surface area contributed by atoms with E-state index in [0.717, 1.165) is 12.1 Å². The van der Waals surface area contributed by atoms with Crippen molar-refractivity contribution < 1.29 is 0 Å². The van der Waals surface area contributed by atoms with Gasteiger partial charge in [0.1, 0.15) is 0 Å². The van der Waals surface area contributed by atoms with E-state index in [1.54, 1.807) is 5.70 Å². The van der Waals surface area contributed by atoms with Gasteiger partial charge in [-0.05, 0) is 57.8 Å². The first-order valence-corrected chi connectivity index (χ1v) is 8.49. The lowest BCUT2D eigenvalue weighted by Gasteiger charge is -2.43. The fourth-order valence-electron chi connectivity index (χ4n) is 3.73. The second-order valence-electron chi connectivity index (χ2n) is 6.14. The lowest BCUT2D eigenvalue weighted by Crippen LogP contribution is -2.43. The summed E-state index contributed by atoms with van der Waals surface area (Å²) in [7, 11) is 0. The molecule has 0 heterocycles. The highest BCUT2D eigenvalue weighted by Gasteiger charge is 2.27. The Bertz CT molecular complexity index is 316. The Morgan fingerprint density at radius 3 is 2.68 bits per heavy atom. The van der Waals surface area contributed by atoms with Gasteiger partial charge in [-0.25, -0.2) is 0 Å². The zero-order valence-corrected chi connectivity index (χ0v) is 12.9. The number of hydrogen-bond donors (Lipinski definition) is 0. The lowest BCUT2D eigenvalue weighted by molar-refractivity contribution is 0.149. The summed E-state index contributed by atoms with van der Waals surface area (Å²) in [5, 5.41) is 0. The van der Waals surface area contributed by atoms with Crippen LogP contribution in [0.3, 0.4) is 0 Å². The van der Waals surface area contributed by atoms with Crippen LogP contribution in [0.15, 0.2) is 23.9 Å². The van der Waals surface area contributed by atoms with Gasteiger partial charge in [0.2, 0.25) is 0 Å². The Morgan fingerprint density at radius 2 is 2.11 bits per heavy atom. The van der Waals surface area contributed by atoms with Crippen LogP contribution < -0.4 is 0 Å². The molecule has 0 saturated carbocycles. The first-order chi connectivity index (χ1) is 9.36. The first kappa shape index (κ1) is 14.7. The van der Waals surface area contributed by atoms with Gasteiger partial charge in [0.25, 0.3) is 0 Å². The van der Waals surface area contributed by atoms with Crippen molar-refractivity contribution in [2.45, 2.75) is 90.1 Å². The van der Waals surface area contributed by atoms with Gasteiger partial charge in [-0.2, -0.15) is 0 Å². The SMILES string of the molecule is CCCC(CC)N(C1=CCCCC1)C1CC=CCC1. The van der Waals surface area contributed by atoms with Crippen molar-refractivity contribution in [3.63, 3.8) is 0 Å². The molecule has 0 spiro atoms. The van der Waals surface area contributed by atoms with Gasteiger partial charge in [0.05, 0.1) is 0 Å². The molecule has 0 aliphatic heterocycles. The van der Waals surface area contributed by atoms with Crippen LogP contribution in [0, 0.1) is 0 Å². The van der Waals surface area contributed by atoms with Crippen LogP contribution >= 0.6 is 0 Å². The smallest absolute Gasteiger partial charge is 0.0327 e. The van der Waals surface area contributed by atoms with E-state index in [1.807, 2.05) is 0 Å². The van der Waals surface area contributed by atoms with E-state index in [0.29, 0.717) is 0 Å². The highest BCUT2D eigenvalue weighted by molar-refractivity contribution is 5.10. The second kappa shape index (κ2) is 7.77. The van der Waals surface area contributed by atoms with E-state index in [4.69, 9.17) is 0 Å². The zero-order valence-electron chi connectivity index (χ0n) is 12.9. The molecule has 2 rings (SSSR count). The molecular weight excluding hydrogens is 230 g/mol. The average molecular weight is 261 g/mol. The summed E-state index contributed by atoms with van der Waals surface area (Å²) in [6.45, 7) is 4.70. The van der Waals surface area contributed by atoms with Crippen molar-refractivity contribution in [3.05, 3.63) is 23.9 Å². The maximum atomic E-state index is 2.84. The van der Waals surface area contributed by atoms with Gasteiger partial charge < -0.3 is 4.90 Å². The fourth-order valence-corrected chi connectivity index (χ4v) is 3.73. The maximum Gasteiger partial charge on any atom is 0.0327 e. The van der Waals surface area contributed by atoms with E-state index in [1.165, 1.54) is 64.2 Å². The molecule has 1 heteroatoms. The highest BCUT2D eigenvalue weighted by atomic mass is 15.2. The molecule has 2 atom stereocenters. The van der Waals surface area contributed by atoms with Crippen LogP contribution in [0.25, 0.3) is 0 Å². The van der Waals surface area contributed by atoms with Gasteiger partial charge in [-0.1, -0.05) is 38.5 Å². The van der Waals surface area contributed by atoms with Gasteiger partial charge in [0.15, 0.2) is 0 Å². The van der Waals surface area contributed by atoms with Crippen LogP contribution in [0.1, 0.15) is 78.1 Å². The average Bonchev–Trinajstić information content (AvgIpc) is 2.49. The fraction of sp³-hybridized carbons (Fsp3) is 0.778. The summed E-state index contributed by atoms with van der Waals surface area (Å²) in [4.78, 5) is 2.84. The Balaban J connectivity index is 2.15. The van der Waals surface area contributed by atoms with Gasteiger partial charge in [0, 0.05) is 17.8 Å². The minimum atomic E-state index is 0.769. The maximum absolute atomic E-state index is 2.84. The summed E-state index contributed by atoms with van der Waals surface area (Å²) in [5.41, 5.74) is 1.67. The number of hydrogen-bond acceptors (Lipinski definition) is 1. The zero-order chi connectivity index (χ0) is 13.5. The molecule has 0 aromatic heterocycles. The minimum absolute atomic E-state index is 0.769. The van der Waals surface area contributed by atoms with Crippen LogP contribution in [-0.4, -0.2) is 17.0 Å². The molecule has 0 aromatic rings. The molecule has 0 bridgehead atoms. The third-order valence-electron chi connectivity index (χ3n) is 4.72. The predicted molar refractivity (Wildman–Crippen MR) is 84.2 cm³/mol. The molecule has 2 aliphatic rings.